The number of nitrogen functional groups attached to an aromatic ring is 1. The summed E-state index contributed by atoms with van der Waals surface area (Å²) in [6.07, 6.45) is -2.93. The molecule has 1 heterocycles. The van der Waals surface area contributed by atoms with Gasteiger partial charge in [-0.25, -0.2) is 0 Å². The molecule has 0 aliphatic heterocycles. The topological polar surface area (TPSA) is 43.8 Å². The smallest absolute Gasteiger partial charge is 0.382 e. The molecule has 3 nitrogen and oxygen atoms in total. The van der Waals surface area contributed by atoms with E-state index >= 15 is 0 Å². The Morgan fingerprint density at radius 2 is 1.82 bits per heavy atom. The Labute approximate surface area is 95.7 Å². The largest absolute Gasteiger partial charge is 0.417 e. The highest BCUT2D eigenvalue weighted by Gasteiger charge is 2.34. The minimum atomic E-state index is -4.40. The molecule has 1 aromatic heterocycles. The number of nitrogens with two attached hydrogens (primary N) is 1. The van der Waals surface area contributed by atoms with Crippen LogP contribution in [0.25, 0.3) is 11.1 Å². The summed E-state index contributed by atoms with van der Waals surface area (Å²) in [5, 5.41) is 3.84. The molecular formula is C11H10F3N3. The number of aromatic nitrogens is 2. The summed E-state index contributed by atoms with van der Waals surface area (Å²) in [6, 6.07) is 5.30. The van der Waals surface area contributed by atoms with E-state index in [1.54, 1.807) is 7.05 Å². The molecule has 0 saturated heterocycles. The van der Waals surface area contributed by atoms with Gasteiger partial charge in [-0.2, -0.15) is 18.3 Å². The average Bonchev–Trinajstić information content (AvgIpc) is 2.56. The molecule has 0 radical (unpaired) electrons. The summed E-state index contributed by atoms with van der Waals surface area (Å²) < 4.78 is 39.8. The van der Waals surface area contributed by atoms with Crippen LogP contribution in [0.1, 0.15) is 5.56 Å². The monoisotopic (exact) mass is 241 g/mol. The second kappa shape index (κ2) is 3.80. The lowest BCUT2D eigenvalue weighted by Gasteiger charge is -2.11. The number of alkyl halides is 3. The molecule has 0 spiro atoms. The van der Waals surface area contributed by atoms with E-state index in [1.165, 1.54) is 29.1 Å². The van der Waals surface area contributed by atoms with Gasteiger partial charge in [0, 0.05) is 18.8 Å². The zero-order valence-electron chi connectivity index (χ0n) is 8.99. The van der Waals surface area contributed by atoms with Crippen molar-refractivity contribution in [1.29, 1.82) is 0 Å². The molecular weight excluding hydrogens is 231 g/mol. The molecule has 0 aliphatic rings. The van der Waals surface area contributed by atoms with Gasteiger partial charge in [-0.1, -0.05) is 18.2 Å². The van der Waals surface area contributed by atoms with Crippen molar-refractivity contribution < 1.29 is 13.2 Å². The molecule has 90 valence electrons. The van der Waals surface area contributed by atoms with E-state index in [-0.39, 0.29) is 11.4 Å². The van der Waals surface area contributed by atoms with Gasteiger partial charge >= 0.3 is 6.18 Å². The van der Waals surface area contributed by atoms with Gasteiger partial charge in [0.05, 0.1) is 5.56 Å². The third-order valence-electron chi connectivity index (χ3n) is 2.38. The summed E-state index contributed by atoms with van der Waals surface area (Å²) in [7, 11) is 1.61. The first-order chi connectivity index (χ1) is 7.89. The fourth-order valence-electron chi connectivity index (χ4n) is 1.68. The van der Waals surface area contributed by atoms with Crippen LogP contribution in [-0.2, 0) is 13.2 Å². The van der Waals surface area contributed by atoms with Crippen LogP contribution in [0, 0.1) is 0 Å². The first kappa shape index (κ1) is 11.5. The van der Waals surface area contributed by atoms with E-state index in [0.29, 0.717) is 5.56 Å². The molecule has 2 aromatic rings. The van der Waals surface area contributed by atoms with Crippen molar-refractivity contribution in [2.45, 2.75) is 6.18 Å². The molecule has 2 rings (SSSR count). The quantitative estimate of drug-likeness (QED) is 0.834. The van der Waals surface area contributed by atoms with E-state index < -0.39 is 11.7 Å². The number of hydrogen-bond donors (Lipinski definition) is 1. The molecule has 1 aromatic carbocycles. The first-order valence-electron chi connectivity index (χ1n) is 4.85. The Morgan fingerprint density at radius 1 is 1.18 bits per heavy atom. The lowest BCUT2D eigenvalue weighted by atomic mass is 10.0. The van der Waals surface area contributed by atoms with Gasteiger partial charge < -0.3 is 5.73 Å². The Morgan fingerprint density at radius 3 is 2.35 bits per heavy atom. The van der Waals surface area contributed by atoms with Crippen molar-refractivity contribution in [3.05, 3.63) is 36.0 Å². The van der Waals surface area contributed by atoms with Gasteiger partial charge in [0.25, 0.3) is 0 Å². The molecule has 6 heteroatoms. The molecule has 0 amide bonds. The Bertz CT molecular complexity index is 543. The summed E-state index contributed by atoms with van der Waals surface area (Å²) in [5.74, 6) is 0.0872. The average molecular weight is 241 g/mol. The van der Waals surface area contributed by atoms with Crippen molar-refractivity contribution in [1.82, 2.24) is 9.78 Å². The molecule has 0 saturated carbocycles. The van der Waals surface area contributed by atoms with Crippen LogP contribution in [0.5, 0.6) is 0 Å². The fourth-order valence-corrected chi connectivity index (χ4v) is 1.68. The van der Waals surface area contributed by atoms with Crippen molar-refractivity contribution in [2.75, 3.05) is 5.73 Å². The summed E-state index contributed by atoms with van der Waals surface area (Å²) in [4.78, 5) is 0. The maximum absolute atomic E-state index is 12.8. The molecule has 0 unspecified atom stereocenters. The van der Waals surface area contributed by atoms with Crippen molar-refractivity contribution >= 4 is 5.82 Å². The maximum atomic E-state index is 12.8. The molecule has 0 fully saturated rings. The number of aryl methyl sites for hydroxylation is 1. The number of rotatable bonds is 1. The van der Waals surface area contributed by atoms with Gasteiger partial charge in [0.2, 0.25) is 0 Å². The number of benzene rings is 1. The zero-order valence-corrected chi connectivity index (χ0v) is 8.99. The SMILES string of the molecule is Cn1cc(-c2ccccc2C(F)(F)F)c(N)n1. The highest BCUT2D eigenvalue weighted by Crippen LogP contribution is 2.38. The van der Waals surface area contributed by atoms with Crippen LogP contribution in [0.2, 0.25) is 0 Å². The van der Waals surface area contributed by atoms with E-state index in [0.717, 1.165) is 6.07 Å². The van der Waals surface area contributed by atoms with Crippen LogP contribution in [0.3, 0.4) is 0 Å². The second-order valence-electron chi connectivity index (χ2n) is 3.65. The van der Waals surface area contributed by atoms with E-state index in [2.05, 4.69) is 5.10 Å². The highest BCUT2D eigenvalue weighted by atomic mass is 19.4. The third kappa shape index (κ3) is 2.11. The molecule has 0 aliphatic carbocycles. The van der Waals surface area contributed by atoms with Gasteiger partial charge in [-0.15, -0.1) is 0 Å². The van der Waals surface area contributed by atoms with Gasteiger partial charge in [-0.05, 0) is 11.6 Å². The van der Waals surface area contributed by atoms with Gasteiger partial charge in [-0.3, -0.25) is 4.68 Å². The van der Waals surface area contributed by atoms with Crippen molar-refractivity contribution in [3.8, 4) is 11.1 Å². The second-order valence-corrected chi connectivity index (χ2v) is 3.65. The summed E-state index contributed by atoms with van der Waals surface area (Å²) in [6.45, 7) is 0. The van der Waals surface area contributed by atoms with Crippen LogP contribution >= 0.6 is 0 Å². The van der Waals surface area contributed by atoms with E-state index in [4.69, 9.17) is 5.73 Å². The lowest BCUT2D eigenvalue weighted by Crippen LogP contribution is -2.07. The standard InChI is InChI=1S/C11H10F3N3/c1-17-6-8(10(15)16-17)7-4-2-3-5-9(7)11(12,13)14/h2-6H,1H3,(H2,15,16). The zero-order chi connectivity index (χ0) is 12.6. The van der Waals surface area contributed by atoms with Crippen LogP contribution in [-0.4, -0.2) is 9.78 Å². The number of anilines is 1. The van der Waals surface area contributed by atoms with Crippen molar-refractivity contribution in [2.24, 2.45) is 7.05 Å². The predicted octanol–water partition coefficient (Wildman–Crippen LogP) is 2.69. The minimum absolute atomic E-state index is 0.0469. The molecule has 0 atom stereocenters. The number of nitrogens with zero attached hydrogens (tertiary/aromatic N) is 2. The third-order valence-corrected chi connectivity index (χ3v) is 2.38. The van der Waals surface area contributed by atoms with Crippen LogP contribution in [0.4, 0.5) is 19.0 Å². The van der Waals surface area contributed by atoms with E-state index in [9.17, 15) is 13.2 Å². The Balaban J connectivity index is 2.64. The summed E-state index contributed by atoms with van der Waals surface area (Å²) >= 11 is 0. The molecule has 17 heavy (non-hydrogen) atoms. The van der Waals surface area contributed by atoms with E-state index in [1.807, 2.05) is 0 Å². The normalized spacial score (nSPS) is 11.8. The number of hydrogen-bond acceptors (Lipinski definition) is 2. The number of halogens is 3. The lowest BCUT2D eigenvalue weighted by molar-refractivity contribution is -0.137. The van der Waals surface area contributed by atoms with Gasteiger partial charge in [0.15, 0.2) is 5.82 Å². The summed E-state index contributed by atoms with van der Waals surface area (Å²) in [5.41, 5.74) is 5.22. The first-order valence-corrected chi connectivity index (χ1v) is 4.85. The van der Waals surface area contributed by atoms with Gasteiger partial charge in [0.1, 0.15) is 0 Å². The Hall–Kier alpha value is -1.98. The molecule has 2 N–H and O–H groups in total. The fraction of sp³-hybridized carbons (Fsp3) is 0.182. The van der Waals surface area contributed by atoms with Crippen LogP contribution in [0.15, 0.2) is 30.5 Å². The Kier molecular flexibility index (Phi) is 2.57. The minimum Gasteiger partial charge on any atom is -0.382 e. The highest BCUT2D eigenvalue weighted by molar-refractivity contribution is 5.76. The van der Waals surface area contributed by atoms with Crippen LogP contribution < -0.4 is 5.73 Å². The maximum Gasteiger partial charge on any atom is 0.417 e. The molecule has 0 bridgehead atoms. The van der Waals surface area contributed by atoms with Crippen molar-refractivity contribution in [3.63, 3.8) is 0 Å². The predicted molar refractivity (Wildman–Crippen MR) is 58.1 cm³/mol.